The van der Waals surface area contributed by atoms with Crippen molar-refractivity contribution in [2.24, 2.45) is 0 Å². The van der Waals surface area contributed by atoms with Gasteiger partial charge in [-0.1, -0.05) is 27.5 Å². The Morgan fingerprint density at radius 2 is 1.90 bits per heavy atom. The van der Waals surface area contributed by atoms with Crippen molar-refractivity contribution < 1.29 is 9.53 Å². The fourth-order valence-corrected chi connectivity index (χ4v) is 2.53. The normalized spacial score (nSPS) is 14.6. The lowest BCUT2D eigenvalue weighted by molar-refractivity contribution is 0.102. The highest BCUT2D eigenvalue weighted by atomic mass is 79.9. The summed E-state index contributed by atoms with van der Waals surface area (Å²) in [6.07, 6.45) is 0.121. The molecular weight excluding hydrogens is 354 g/mol. The molecule has 1 saturated heterocycles. The molecule has 0 spiro atoms. The standard InChI is InChI=1S/C16H13BrClNO2/c17-11-3-6-14(15(7-11)21-13-8-19-9-13)16(20)10-1-4-12(18)5-2-10/h1-7,13,19H,8-9H2. The molecule has 0 atom stereocenters. The van der Waals surface area contributed by atoms with Crippen LogP contribution >= 0.6 is 27.5 Å². The van der Waals surface area contributed by atoms with Crippen LogP contribution in [0.5, 0.6) is 5.75 Å². The molecule has 3 rings (SSSR count). The van der Waals surface area contributed by atoms with Gasteiger partial charge in [0.1, 0.15) is 11.9 Å². The van der Waals surface area contributed by atoms with Crippen LogP contribution in [-0.4, -0.2) is 25.0 Å². The number of hydrogen-bond donors (Lipinski definition) is 1. The lowest BCUT2D eigenvalue weighted by atomic mass is 10.0. The summed E-state index contributed by atoms with van der Waals surface area (Å²) in [6.45, 7) is 1.61. The van der Waals surface area contributed by atoms with E-state index >= 15 is 0 Å². The zero-order valence-corrected chi connectivity index (χ0v) is 13.4. The Bertz CT molecular complexity index is 668. The molecule has 1 heterocycles. The quantitative estimate of drug-likeness (QED) is 0.839. The summed E-state index contributed by atoms with van der Waals surface area (Å²) in [7, 11) is 0. The van der Waals surface area contributed by atoms with Crippen LogP contribution in [0.2, 0.25) is 5.02 Å². The number of halogens is 2. The number of carbonyl (C=O) groups excluding carboxylic acids is 1. The first-order chi connectivity index (χ1) is 10.1. The predicted octanol–water partition coefficient (Wildman–Crippen LogP) is 3.68. The van der Waals surface area contributed by atoms with E-state index in [1.54, 1.807) is 30.3 Å². The topological polar surface area (TPSA) is 38.3 Å². The fourth-order valence-electron chi connectivity index (χ4n) is 2.06. The highest BCUT2D eigenvalue weighted by Gasteiger charge is 2.22. The zero-order chi connectivity index (χ0) is 14.8. The van der Waals surface area contributed by atoms with Crippen LogP contribution in [-0.2, 0) is 0 Å². The van der Waals surface area contributed by atoms with Crippen LogP contribution in [0, 0.1) is 0 Å². The van der Waals surface area contributed by atoms with Crippen LogP contribution in [0.25, 0.3) is 0 Å². The van der Waals surface area contributed by atoms with E-state index in [1.807, 2.05) is 12.1 Å². The molecule has 1 aliphatic heterocycles. The zero-order valence-electron chi connectivity index (χ0n) is 11.1. The predicted molar refractivity (Wildman–Crippen MR) is 86.3 cm³/mol. The Balaban J connectivity index is 1.92. The molecule has 1 fully saturated rings. The fraction of sp³-hybridized carbons (Fsp3) is 0.188. The van der Waals surface area contributed by atoms with E-state index in [0.29, 0.717) is 21.9 Å². The van der Waals surface area contributed by atoms with Gasteiger partial charge in [0.15, 0.2) is 5.78 Å². The van der Waals surface area contributed by atoms with Gasteiger partial charge in [0.2, 0.25) is 0 Å². The summed E-state index contributed by atoms with van der Waals surface area (Å²) in [5.74, 6) is 0.539. The molecule has 0 aromatic heterocycles. The molecule has 3 nitrogen and oxygen atoms in total. The third-order valence-electron chi connectivity index (χ3n) is 3.33. The molecule has 0 amide bonds. The maximum atomic E-state index is 12.6. The van der Waals surface area contributed by atoms with Gasteiger partial charge in [-0.3, -0.25) is 4.79 Å². The Labute approximate surface area is 136 Å². The van der Waals surface area contributed by atoms with Gasteiger partial charge in [-0.25, -0.2) is 0 Å². The SMILES string of the molecule is O=C(c1ccc(Cl)cc1)c1ccc(Br)cc1OC1CNC1. The molecule has 5 heteroatoms. The first kappa shape index (κ1) is 14.6. The van der Waals surface area contributed by atoms with Crippen molar-refractivity contribution in [3.05, 3.63) is 63.1 Å². The van der Waals surface area contributed by atoms with E-state index in [9.17, 15) is 4.79 Å². The largest absolute Gasteiger partial charge is 0.487 e. The van der Waals surface area contributed by atoms with Crippen LogP contribution in [0.15, 0.2) is 46.9 Å². The van der Waals surface area contributed by atoms with Gasteiger partial charge in [0, 0.05) is 28.1 Å². The van der Waals surface area contributed by atoms with E-state index in [0.717, 1.165) is 17.6 Å². The second kappa shape index (κ2) is 6.18. The van der Waals surface area contributed by atoms with Crippen molar-refractivity contribution in [3.63, 3.8) is 0 Å². The van der Waals surface area contributed by atoms with Crippen molar-refractivity contribution in [2.75, 3.05) is 13.1 Å². The van der Waals surface area contributed by atoms with Crippen molar-refractivity contribution in [3.8, 4) is 5.75 Å². The van der Waals surface area contributed by atoms with Gasteiger partial charge in [-0.2, -0.15) is 0 Å². The highest BCUT2D eigenvalue weighted by molar-refractivity contribution is 9.10. The Morgan fingerprint density at radius 3 is 2.52 bits per heavy atom. The molecule has 0 unspecified atom stereocenters. The van der Waals surface area contributed by atoms with Gasteiger partial charge < -0.3 is 10.1 Å². The average Bonchev–Trinajstić information content (AvgIpc) is 2.43. The maximum absolute atomic E-state index is 12.6. The van der Waals surface area contributed by atoms with E-state index < -0.39 is 0 Å². The van der Waals surface area contributed by atoms with Gasteiger partial charge in [0.05, 0.1) is 5.56 Å². The number of ketones is 1. The van der Waals surface area contributed by atoms with Crippen LogP contribution in [0.1, 0.15) is 15.9 Å². The Morgan fingerprint density at radius 1 is 1.19 bits per heavy atom. The second-order valence-corrected chi connectivity index (χ2v) is 6.23. The minimum Gasteiger partial charge on any atom is -0.487 e. The van der Waals surface area contributed by atoms with Crippen LogP contribution in [0.4, 0.5) is 0 Å². The molecular formula is C16H13BrClNO2. The van der Waals surface area contributed by atoms with Crippen molar-refractivity contribution in [1.29, 1.82) is 0 Å². The average molecular weight is 367 g/mol. The molecule has 1 aliphatic rings. The molecule has 0 bridgehead atoms. The molecule has 0 radical (unpaired) electrons. The number of hydrogen-bond acceptors (Lipinski definition) is 3. The molecule has 21 heavy (non-hydrogen) atoms. The summed E-state index contributed by atoms with van der Waals surface area (Å²) < 4.78 is 6.78. The lowest BCUT2D eigenvalue weighted by Crippen LogP contribution is -2.50. The summed E-state index contributed by atoms with van der Waals surface area (Å²) in [6, 6.07) is 12.3. The molecule has 0 aliphatic carbocycles. The summed E-state index contributed by atoms with van der Waals surface area (Å²) in [4.78, 5) is 12.6. The van der Waals surface area contributed by atoms with E-state index in [-0.39, 0.29) is 11.9 Å². The first-order valence-corrected chi connectivity index (χ1v) is 7.78. The molecule has 0 saturated carbocycles. The van der Waals surface area contributed by atoms with Crippen LogP contribution in [0.3, 0.4) is 0 Å². The van der Waals surface area contributed by atoms with Crippen molar-refractivity contribution in [1.82, 2.24) is 5.32 Å². The third kappa shape index (κ3) is 3.28. The van der Waals surface area contributed by atoms with Crippen LogP contribution < -0.4 is 10.1 Å². The van der Waals surface area contributed by atoms with Crippen molar-refractivity contribution >= 4 is 33.3 Å². The minimum atomic E-state index is -0.0681. The molecule has 1 N–H and O–H groups in total. The van der Waals surface area contributed by atoms with Gasteiger partial charge in [-0.05, 0) is 42.5 Å². The number of rotatable bonds is 4. The highest BCUT2D eigenvalue weighted by Crippen LogP contribution is 2.28. The molecule has 2 aromatic rings. The van der Waals surface area contributed by atoms with Gasteiger partial charge in [0.25, 0.3) is 0 Å². The van der Waals surface area contributed by atoms with E-state index in [1.165, 1.54) is 0 Å². The summed E-state index contributed by atoms with van der Waals surface area (Å²) in [5.41, 5.74) is 1.16. The lowest BCUT2D eigenvalue weighted by Gasteiger charge is -2.28. The monoisotopic (exact) mass is 365 g/mol. The number of ether oxygens (including phenoxy) is 1. The number of carbonyl (C=O) groups is 1. The second-order valence-electron chi connectivity index (χ2n) is 4.87. The summed E-state index contributed by atoms with van der Waals surface area (Å²) >= 11 is 9.28. The maximum Gasteiger partial charge on any atom is 0.196 e. The molecule has 108 valence electrons. The molecule has 2 aromatic carbocycles. The smallest absolute Gasteiger partial charge is 0.196 e. The summed E-state index contributed by atoms with van der Waals surface area (Å²) in [5, 5.41) is 3.76. The van der Waals surface area contributed by atoms with Gasteiger partial charge >= 0.3 is 0 Å². The minimum absolute atomic E-state index is 0.0681. The number of nitrogens with one attached hydrogen (secondary N) is 1. The Kier molecular flexibility index (Phi) is 4.29. The number of benzene rings is 2. The van der Waals surface area contributed by atoms with E-state index in [2.05, 4.69) is 21.2 Å². The first-order valence-electron chi connectivity index (χ1n) is 6.60. The Hall–Kier alpha value is -1.36. The third-order valence-corrected chi connectivity index (χ3v) is 4.08. The van der Waals surface area contributed by atoms with E-state index in [4.69, 9.17) is 16.3 Å². The van der Waals surface area contributed by atoms with Gasteiger partial charge in [-0.15, -0.1) is 0 Å². The van der Waals surface area contributed by atoms with Crippen molar-refractivity contribution in [2.45, 2.75) is 6.10 Å².